The second kappa shape index (κ2) is 25.6. The molecule has 0 atom stereocenters. The van der Waals surface area contributed by atoms with Gasteiger partial charge in [0.15, 0.2) is 17.5 Å². The first-order valence-corrected chi connectivity index (χ1v) is 37.3. The van der Waals surface area contributed by atoms with Crippen molar-refractivity contribution >= 4 is 111 Å². The summed E-state index contributed by atoms with van der Waals surface area (Å²) in [6.07, 6.45) is 0. The van der Waals surface area contributed by atoms with Gasteiger partial charge in [-0.05, 0) is 109 Å². The lowest BCUT2D eigenvalue weighted by Crippen LogP contribution is -2.61. The van der Waals surface area contributed by atoms with Gasteiger partial charge in [0.2, 0.25) is 0 Å². The minimum atomic E-state index is -0.345. The highest BCUT2D eigenvalue weighted by atomic mass is 32.1. The molecule has 5 heterocycles. The van der Waals surface area contributed by atoms with Crippen molar-refractivity contribution in [2.45, 2.75) is 0 Å². The van der Waals surface area contributed by atoms with Gasteiger partial charge in [-0.15, -0.1) is 11.3 Å². The zero-order chi connectivity index (χ0) is 70.5. The molecule has 0 radical (unpaired) electrons. The van der Waals surface area contributed by atoms with Gasteiger partial charge >= 0.3 is 0 Å². The van der Waals surface area contributed by atoms with E-state index >= 15 is 0 Å². The number of anilines is 6. The van der Waals surface area contributed by atoms with Crippen molar-refractivity contribution < 1.29 is 0 Å². The van der Waals surface area contributed by atoms with Crippen LogP contribution >= 0.6 is 11.3 Å². The van der Waals surface area contributed by atoms with Crippen molar-refractivity contribution in [3.05, 3.63) is 382 Å². The van der Waals surface area contributed by atoms with Crippen molar-refractivity contribution in [1.82, 2.24) is 19.5 Å². The molecule has 21 rings (SSSR count). The van der Waals surface area contributed by atoms with Gasteiger partial charge in [0.25, 0.3) is 6.71 Å². The normalized spacial score (nSPS) is 12.2. The number of hydrogen-bond acceptors (Lipinski definition) is 6. The van der Waals surface area contributed by atoms with E-state index in [1.165, 1.54) is 53.0 Å². The summed E-state index contributed by atoms with van der Waals surface area (Å²) >= 11 is 1.88. The summed E-state index contributed by atoms with van der Waals surface area (Å²) in [5, 5.41) is 4.79. The van der Waals surface area contributed by atoms with E-state index in [2.05, 4.69) is 384 Å². The zero-order valence-corrected chi connectivity index (χ0v) is 58.9. The molecule has 0 unspecified atom stereocenters. The highest BCUT2D eigenvalue weighted by Crippen LogP contribution is 2.57. The van der Waals surface area contributed by atoms with Crippen LogP contribution in [0.4, 0.5) is 34.1 Å². The summed E-state index contributed by atoms with van der Waals surface area (Å²) in [6.45, 7) is -0.345. The van der Waals surface area contributed by atoms with E-state index in [1.807, 2.05) is 23.5 Å². The summed E-state index contributed by atoms with van der Waals surface area (Å²) in [7, 11) is 0. The third-order valence-electron chi connectivity index (χ3n) is 21.7. The number of benzene rings is 16. The number of aromatic nitrogens is 4. The van der Waals surface area contributed by atoms with E-state index in [4.69, 9.17) is 15.0 Å². The predicted octanol–water partition coefficient (Wildman–Crippen LogP) is 24.4. The second-order valence-corrected chi connectivity index (χ2v) is 28.7. The maximum absolute atomic E-state index is 5.49. The van der Waals surface area contributed by atoms with E-state index in [0.717, 1.165) is 129 Å². The Kier molecular flexibility index (Phi) is 14.8. The van der Waals surface area contributed by atoms with E-state index in [0.29, 0.717) is 17.5 Å². The van der Waals surface area contributed by atoms with E-state index in [-0.39, 0.29) is 6.71 Å². The van der Waals surface area contributed by atoms with Gasteiger partial charge in [-0.2, -0.15) is 0 Å². The van der Waals surface area contributed by atoms with Crippen molar-refractivity contribution in [3.8, 4) is 107 Å². The summed E-state index contributed by atoms with van der Waals surface area (Å²) in [4.78, 5) is 21.6. The third-order valence-corrected chi connectivity index (χ3v) is 22.8. The molecule has 16 aromatic carbocycles. The van der Waals surface area contributed by atoms with Gasteiger partial charge < -0.3 is 14.4 Å². The molecule has 2 aliphatic heterocycles. The molecule has 0 aliphatic carbocycles. The molecule has 0 fully saturated rings. The highest BCUT2D eigenvalue weighted by molar-refractivity contribution is 7.26. The Morgan fingerprint density at radius 1 is 0.243 bits per heavy atom. The lowest BCUT2D eigenvalue weighted by Gasteiger charge is -2.46. The van der Waals surface area contributed by atoms with E-state index in [1.54, 1.807) is 0 Å². The average molecular weight is 1380 g/mol. The quantitative estimate of drug-likeness (QED) is 0.114. The van der Waals surface area contributed by atoms with Crippen molar-refractivity contribution in [3.63, 3.8) is 0 Å². The van der Waals surface area contributed by atoms with E-state index < -0.39 is 0 Å². The number of para-hydroxylation sites is 4. The van der Waals surface area contributed by atoms with Gasteiger partial charge in [0.1, 0.15) is 0 Å². The van der Waals surface area contributed by atoms with Gasteiger partial charge in [-0.3, -0.25) is 0 Å². The Bertz CT molecular complexity index is 6400. The lowest BCUT2D eigenvalue weighted by atomic mass is 9.33. The van der Waals surface area contributed by atoms with Crippen LogP contribution < -0.4 is 26.2 Å². The summed E-state index contributed by atoms with van der Waals surface area (Å²) in [5.74, 6) is 1.78. The minimum Gasteiger partial charge on any atom is -0.310 e. The molecular formula is C99H63BN6S. The molecule has 19 aromatic rings. The monoisotopic (exact) mass is 1380 g/mol. The average Bonchev–Trinajstić information content (AvgIpc) is 1.65. The molecule has 2 aliphatic rings. The van der Waals surface area contributed by atoms with Gasteiger partial charge in [-0.1, -0.05) is 334 Å². The van der Waals surface area contributed by atoms with Crippen LogP contribution in [0.25, 0.3) is 149 Å². The fourth-order valence-corrected chi connectivity index (χ4v) is 18.0. The molecule has 0 bridgehead atoms. The molecule has 0 spiro atoms. The molecular weight excluding hydrogens is 1320 g/mol. The molecule has 0 saturated heterocycles. The minimum absolute atomic E-state index is 0.345. The molecule has 3 aromatic heterocycles. The Hall–Kier alpha value is -13.8. The Labute approximate surface area is 624 Å². The molecule has 0 N–H and O–H groups in total. The number of hydrogen-bond donors (Lipinski definition) is 0. The number of rotatable bonds is 12. The molecule has 8 heteroatoms. The zero-order valence-electron chi connectivity index (χ0n) is 58.0. The topological polar surface area (TPSA) is 50.1 Å². The van der Waals surface area contributed by atoms with Crippen LogP contribution in [0.1, 0.15) is 0 Å². The summed E-state index contributed by atoms with van der Waals surface area (Å²) < 4.78 is 4.88. The van der Waals surface area contributed by atoms with Crippen molar-refractivity contribution in [1.29, 1.82) is 0 Å². The Balaban J connectivity index is 0.920. The van der Waals surface area contributed by atoms with E-state index in [9.17, 15) is 0 Å². The first-order chi connectivity index (χ1) is 53.1. The fraction of sp³-hybridized carbons (Fsp3) is 0. The predicted molar refractivity (Wildman–Crippen MR) is 450 cm³/mol. The van der Waals surface area contributed by atoms with Crippen LogP contribution in [-0.4, -0.2) is 26.2 Å². The number of nitrogens with zero attached hydrogens (tertiary/aromatic N) is 6. The first-order valence-electron chi connectivity index (χ1n) is 36.5. The molecule has 498 valence electrons. The summed E-state index contributed by atoms with van der Waals surface area (Å²) in [5.41, 5.74) is 29.5. The molecule has 0 saturated carbocycles. The Morgan fingerprint density at radius 2 is 0.636 bits per heavy atom. The highest BCUT2D eigenvalue weighted by Gasteiger charge is 2.47. The molecule has 6 nitrogen and oxygen atoms in total. The van der Waals surface area contributed by atoms with Crippen LogP contribution in [0.2, 0.25) is 0 Å². The maximum atomic E-state index is 5.49. The molecule has 0 amide bonds. The van der Waals surface area contributed by atoms with Crippen LogP contribution in [0, 0.1) is 0 Å². The first kappa shape index (κ1) is 61.8. The van der Waals surface area contributed by atoms with Crippen LogP contribution in [-0.2, 0) is 0 Å². The lowest BCUT2D eigenvalue weighted by molar-refractivity contribution is 1.07. The third kappa shape index (κ3) is 10.4. The van der Waals surface area contributed by atoms with Crippen LogP contribution in [0.15, 0.2) is 382 Å². The van der Waals surface area contributed by atoms with Crippen LogP contribution in [0.5, 0.6) is 0 Å². The summed E-state index contributed by atoms with van der Waals surface area (Å²) in [6, 6.07) is 140. The molecule has 107 heavy (non-hydrogen) atoms. The number of thiophene rings is 1. The van der Waals surface area contributed by atoms with Crippen LogP contribution in [0.3, 0.4) is 0 Å². The number of fused-ring (bicyclic) bond motifs is 11. The van der Waals surface area contributed by atoms with Gasteiger partial charge in [0, 0.05) is 87.9 Å². The van der Waals surface area contributed by atoms with Crippen molar-refractivity contribution in [2.24, 2.45) is 0 Å². The van der Waals surface area contributed by atoms with Crippen molar-refractivity contribution in [2.75, 3.05) is 9.80 Å². The maximum Gasteiger partial charge on any atom is 0.252 e. The second-order valence-electron chi connectivity index (χ2n) is 27.7. The standard InChI is InChI=1S/C99H63BN6S/c1-7-27-64(28-8-1)66-49-53-70(54-50-66)78-44-26-45-79(71-55-51-67(52-56-71)65-29-9-2-10-30-65)93(78)105-88-60-58-75(104-86-46-22-19-39-80(86)81-40-20-23-47-87(81)104)62-85(88)100-84-59-57-74(99-102-97(72-35-15-5-16-36-72)101-98(103-99)73-37-17-6-18-38-73)61-89(84)106(95-92(100)90(105)63-83-82-41-21-24-48-91(82)107-96(83)95)94-76(68-31-11-3-12-32-68)42-25-43-77(94)69-33-13-4-14-34-69/h1-63H. The Morgan fingerprint density at radius 3 is 1.14 bits per heavy atom. The fourth-order valence-electron chi connectivity index (χ4n) is 16.8. The van der Waals surface area contributed by atoms with Gasteiger partial charge in [0.05, 0.1) is 32.8 Å². The smallest absolute Gasteiger partial charge is 0.252 e. The SMILES string of the molecule is c1ccc(-c2ccc(-c3cccc(-c4ccc(-c5ccccc5)cc4)c3N3c4ccc(-n5c6ccccc6c6ccccc65)cc4B4c5ccc(-c6nc(-c7ccccc7)nc(-c7ccccc7)n6)cc5N(c5c(-c6ccccc6)cccc5-c5ccccc5)c5c4c3cc3c5sc4ccccc43)cc2)cc1. The van der Waals surface area contributed by atoms with Gasteiger partial charge in [-0.25, -0.2) is 15.0 Å². The largest absolute Gasteiger partial charge is 0.310 e.